The zero-order valence-electron chi connectivity index (χ0n) is 11.9. The minimum atomic E-state index is -1.17. The van der Waals surface area contributed by atoms with Crippen molar-refractivity contribution in [2.45, 2.75) is 0 Å². The topological polar surface area (TPSA) is 118 Å². The van der Waals surface area contributed by atoms with Crippen LogP contribution in [0.25, 0.3) is 11.6 Å². The van der Waals surface area contributed by atoms with Crippen molar-refractivity contribution < 1.29 is 30.3 Å². The van der Waals surface area contributed by atoms with Gasteiger partial charge in [-0.15, -0.1) is 0 Å². The lowest BCUT2D eigenvalue weighted by atomic mass is 9.93. The smallest absolute Gasteiger partial charge is 0.328 e. The van der Waals surface area contributed by atoms with E-state index in [4.69, 9.17) is 5.11 Å². The Morgan fingerprint density at radius 3 is 2.22 bits per heavy atom. The second-order valence-corrected chi connectivity index (χ2v) is 4.75. The molecule has 0 bridgehead atoms. The van der Waals surface area contributed by atoms with Crippen LogP contribution in [0.5, 0.6) is 23.0 Å². The molecule has 0 fully saturated rings. The Morgan fingerprint density at radius 2 is 1.61 bits per heavy atom. The molecule has 0 aliphatic carbocycles. The molecule has 0 unspecified atom stereocenters. The van der Waals surface area contributed by atoms with Gasteiger partial charge in [-0.2, -0.15) is 0 Å². The van der Waals surface area contributed by atoms with E-state index < -0.39 is 17.5 Å². The fraction of sp³-hybridized carbons (Fsp3) is 0. The minimum Gasteiger partial charge on any atom is -0.504 e. The van der Waals surface area contributed by atoms with Crippen LogP contribution in [-0.4, -0.2) is 31.5 Å². The molecule has 0 heterocycles. The summed E-state index contributed by atoms with van der Waals surface area (Å²) in [6.45, 7) is 3.81. The Kier molecular flexibility index (Phi) is 4.27. The van der Waals surface area contributed by atoms with Gasteiger partial charge in [0.15, 0.2) is 23.0 Å². The summed E-state index contributed by atoms with van der Waals surface area (Å²) in [6.07, 6.45) is 2.14. The number of phenols is 4. The van der Waals surface area contributed by atoms with Gasteiger partial charge in [-0.3, -0.25) is 0 Å². The van der Waals surface area contributed by atoms with Crippen LogP contribution in [0.3, 0.4) is 0 Å². The maximum Gasteiger partial charge on any atom is 0.328 e. The summed E-state index contributed by atoms with van der Waals surface area (Å²) in [5.41, 5.74) is 1.05. The van der Waals surface area contributed by atoms with E-state index in [1.165, 1.54) is 36.4 Å². The van der Waals surface area contributed by atoms with Gasteiger partial charge in [0.2, 0.25) is 0 Å². The van der Waals surface area contributed by atoms with E-state index in [1.807, 2.05) is 0 Å². The maximum atomic E-state index is 10.7. The van der Waals surface area contributed by atoms with Crippen molar-refractivity contribution in [3.63, 3.8) is 0 Å². The monoisotopic (exact) mass is 314 g/mol. The first-order valence-electron chi connectivity index (χ1n) is 6.49. The number of phenolic OH excluding ortho intramolecular Hbond substituents is 4. The van der Waals surface area contributed by atoms with E-state index in [2.05, 4.69) is 6.58 Å². The zero-order chi connectivity index (χ0) is 17.1. The van der Waals surface area contributed by atoms with Crippen molar-refractivity contribution >= 4 is 17.6 Å². The molecule has 0 aliphatic rings. The molecular formula is C17H14O6. The number of benzene rings is 2. The van der Waals surface area contributed by atoms with E-state index in [9.17, 15) is 25.2 Å². The van der Waals surface area contributed by atoms with Crippen molar-refractivity contribution in [1.82, 2.24) is 0 Å². The quantitative estimate of drug-likeness (QED) is 0.437. The lowest BCUT2D eigenvalue weighted by Gasteiger charge is -2.14. The third-order valence-electron chi connectivity index (χ3n) is 3.22. The number of carboxylic acids is 1. The summed E-state index contributed by atoms with van der Waals surface area (Å²) in [5.74, 6) is -2.71. The van der Waals surface area contributed by atoms with E-state index >= 15 is 0 Å². The molecule has 0 aliphatic heterocycles. The number of hydrogen-bond acceptors (Lipinski definition) is 5. The van der Waals surface area contributed by atoms with E-state index in [0.717, 1.165) is 6.08 Å². The fourth-order valence-corrected chi connectivity index (χ4v) is 2.07. The standard InChI is InChI=1S/C17H14O6/c1-9(11-3-5-12(18)14(20)8-11)16-10(4-7-15(21)22)2-6-13(19)17(16)23/h2-8,18-20,23H,1H2,(H,21,22). The van der Waals surface area contributed by atoms with Gasteiger partial charge in [0, 0.05) is 11.6 Å². The molecule has 0 radical (unpaired) electrons. The second kappa shape index (κ2) is 6.15. The van der Waals surface area contributed by atoms with Gasteiger partial charge in [-0.05, 0) is 41.0 Å². The Labute approximate surface area is 131 Å². The molecule has 0 spiro atoms. The number of carboxylic acid groups (broad SMARTS) is 1. The van der Waals surface area contributed by atoms with Gasteiger partial charge in [0.1, 0.15) is 0 Å². The highest BCUT2D eigenvalue weighted by atomic mass is 16.4. The number of hydrogen-bond donors (Lipinski definition) is 5. The molecule has 0 atom stereocenters. The molecule has 0 amide bonds. The average Bonchev–Trinajstić information content (AvgIpc) is 2.50. The first-order chi connectivity index (χ1) is 10.8. The Balaban J connectivity index is 2.60. The highest BCUT2D eigenvalue weighted by molar-refractivity contribution is 5.91. The predicted molar refractivity (Wildman–Crippen MR) is 84.3 cm³/mol. The van der Waals surface area contributed by atoms with E-state index in [1.54, 1.807) is 0 Å². The van der Waals surface area contributed by atoms with Gasteiger partial charge < -0.3 is 25.5 Å². The minimum absolute atomic E-state index is 0.118. The average molecular weight is 314 g/mol. The van der Waals surface area contributed by atoms with Crippen LogP contribution in [0.15, 0.2) is 43.0 Å². The van der Waals surface area contributed by atoms with Gasteiger partial charge >= 0.3 is 5.97 Å². The van der Waals surface area contributed by atoms with Crippen molar-refractivity contribution in [2.75, 3.05) is 0 Å². The number of aliphatic carboxylic acids is 1. The van der Waals surface area contributed by atoms with E-state index in [-0.39, 0.29) is 22.6 Å². The summed E-state index contributed by atoms with van der Waals surface area (Å²) in [5, 5.41) is 47.4. The highest BCUT2D eigenvalue weighted by Gasteiger charge is 2.16. The van der Waals surface area contributed by atoms with Gasteiger partial charge in [0.05, 0.1) is 0 Å². The van der Waals surface area contributed by atoms with Gasteiger partial charge in [-0.25, -0.2) is 4.79 Å². The lowest BCUT2D eigenvalue weighted by Crippen LogP contribution is -1.93. The van der Waals surface area contributed by atoms with Crippen molar-refractivity contribution in [3.05, 3.63) is 59.7 Å². The molecule has 23 heavy (non-hydrogen) atoms. The van der Waals surface area contributed by atoms with Crippen LogP contribution in [-0.2, 0) is 4.79 Å². The summed E-state index contributed by atoms with van der Waals surface area (Å²) in [6, 6.07) is 6.61. The van der Waals surface area contributed by atoms with Gasteiger partial charge in [0.25, 0.3) is 0 Å². The summed E-state index contributed by atoms with van der Waals surface area (Å²) < 4.78 is 0. The third-order valence-corrected chi connectivity index (χ3v) is 3.22. The van der Waals surface area contributed by atoms with Crippen LogP contribution >= 0.6 is 0 Å². The number of rotatable bonds is 4. The molecule has 2 aromatic rings. The summed E-state index contributed by atoms with van der Waals surface area (Å²) in [4.78, 5) is 10.7. The van der Waals surface area contributed by atoms with Crippen molar-refractivity contribution in [1.29, 1.82) is 0 Å². The normalized spacial score (nSPS) is 10.8. The molecule has 2 rings (SSSR count). The Morgan fingerprint density at radius 1 is 0.957 bits per heavy atom. The molecule has 6 heteroatoms. The first kappa shape index (κ1) is 16.0. The Bertz CT molecular complexity index is 820. The summed E-state index contributed by atoms with van der Waals surface area (Å²) in [7, 11) is 0. The number of aromatic hydroxyl groups is 4. The molecule has 2 aromatic carbocycles. The largest absolute Gasteiger partial charge is 0.504 e. The van der Waals surface area contributed by atoms with Crippen molar-refractivity contribution in [2.24, 2.45) is 0 Å². The van der Waals surface area contributed by atoms with Crippen LogP contribution < -0.4 is 0 Å². The molecule has 5 N–H and O–H groups in total. The van der Waals surface area contributed by atoms with Crippen LogP contribution in [0.2, 0.25) is 0 Å². The third kappa shape index (κ3) is 3.26. The van der Waals surface area contributed by atoms with E-state index in [0.29, 0.717) is 11.1 Å². The van der Waals surface area contributed by atoms with Gasteiger partial charge in [-0.1, -0.05) is 18.7 Å². The maximum absolute atomic E-state index is 10.7. The molecule has 0 saturated carbocycles. The van der Waals surface area contributed by atoms with Crippen LogP contribution in [0, 0.1) is 0 Å². The van der Waals surface area contributed by atoms with Crippen LogP contribution in [0.1, 0.15) is 16.7 Å². The fourth-order valence-electron chi connectivity index (χ4n) is 2.07. The zero-order valence-corrected chi connectivity index (χ0v) is 11.9. The second-order valence-electron chi connectivity index (χ2n) is 4.75. The predicted octanol–water partition coefficient (Wildman–Crippen LogP) is 2.67. The summed E-state index contributed by atoms with van der Waals surface area (Å²) >= 11 is 0. The molecule has 6 nitrogen and oxygen atoms in total. The Hall–Kier alpha value is -3.41. The van der Waals surface area contributed by atoms with Crippen LogP contribution in [0.4, 0.5) is 0 Å². The molecule has 0 saturated heterocycles. The molecule has 0 aromatic heterocycles. The number of carbonyl (C=O) groups is 1. The first-order valence-corrected chi connectivity index (χ1v) is 6.49. The lowest BCUT2D eigenvalue weighted by molar-refractivity contribution is -0.131. The molecule has 118 valence electrons. The molecular weight excluding hydrogens is 300 g/mol. The van der Waals surface area contributed by atoms with Crippen molar-refractivity contribution in [3.8, 4) is 23.0 Å². The highest BCUT2D eigenvalue weighted by Crippen LogP contribution is 2.40. The SMILES string of the molecule is C=C(c1ccc(O)c(O)c1)c1c(C=CC(=O)O)ccc(O)c1O.